The van der Waals surface area contributed by atoms with E-state index in [1.807, 2.05) is 35.2 Å². The highest BCUT2D eigenvalue weighted by Crippen LogP contribution is 2.30. The van der Waals surface area contributed by atoms with Crippen molar-refractivity contribution in [1.82, 2.24) is 4.90 Å². The zero-order chi connectivity index (χ0) is 16.9. The third-order valence-corrected chi connectivity index (χ3v) is 4.55. The summed E-state index contributed by atoms with van der Waals surface area (Å²) in [6.07, 6.45) is 1.35. The first-order valence-corrected chi connectivity index (χ1v) is 8.57. The van der Waals surface area contributed by atoms with Crippen LogP contribution in [0.2, 0.25) is 5.02 Å². The van der Waals surface area contributed by atoms with Crippen LogP contribution in [0, 0.1) is 0 Å². The number of nitrogens with zero attached hydrogens (tertiary/aromatic N) is 1. The second-order valence-corrected chi connectivity index (χ2v) is 6.42. The van der Waals surface area contributed by atoms with Crippen LogP contribution in [-0.4, -0.2) is 35.5 Å². The summed E-state index contributed by atoms with van der Waals surface area (Å²) in [6.45, 7) is 1.89. The summed E-state index contributed by atoms with van der Waals surface area (Å²) >= 11 is 6.10. The van der Waals surface area contributed by atoms with Gasteiger partial charge in [0.2, 0.25) is 5.91 Å². The topological polar surface area (TPSA) is 52.6 Å². The third-order valence-electron chi connectivity index (χ3n) is 4.31. The summed E-state index contributed by atoms with van der Waals surface area (Å²) in [6, 6.07) is 14.7. The number of aliphatic hydroxyl groups excluding tert-OH is 1. The molecule has 126 valence electrons. The molecule has 5 heteroatoms. The van der Waals surface area contributed by atoms with Crippen molar-refractivity contribution in [3.63, 3.8) is 0 Å². The lowest BCUT2D eigenvalue weighted by Crippen LogP contribution is -2.33. The molecule has 0 aliphatic carbocycles. The highest BCUT2D eigenvalue weighted by Gasteiger charge is 2.19. The van der Waals surface area contributed by atoms with Crippen LogP contribution in [0.3, 0.4) is 0 Å². The van der Waals surface area contributed by atoms with E-state index in [4.69, 9.17) is 11.6 Å². The van der Waals surface area contributed by atoms with E-state index in [-0.39, 0.29) is 12.5 Å². The minimum Gasteiger partial charge on any atom is -0.384 e. The van der Waals surface area contributed by atoms with Crippen LogP contribution >= 0.6 is 11.6 Å². The molecular weight excluding hydrogens is 324 g/mol. The van der Waals surface area contributed by atoms with Gasteiger partial charge in [0.25, 0.3) is 0 Å². The normalized spacial score (nSPS) is 15.3. The SMILES string of the molecule is O=C(CNc1ccc(Cl)cc1C(O)c1ccccc1)N1CCCC1. The van der Waals surface area contributed by atoms with Gasteiger partial charge in [0.15, 0.2) is 0 Å². The quantitative estimate of drug-likeness (QED) is 0.873. The first-order chi connectivity index (χ1) is 11.6. The first-order valence-electron chi connectivity index (χ1n) is 8.19. The van der Waals surface area contributed by atoms with E-state index in [0.29, 0.717) is 10.6 Å². The number of carbonyl (C=O) groups excluding carboxylic acids is 1. The zero-order valence-corrected chi connectivity index (χ0v) is 14.2. The number of hydrogen-bond donors (Lipinski definition) is 2. The number of rotatable bonds is 5. The van der Waals surface area contributed by atoms with Gasteiger partial charge in [-0.3, -0.25) is 4.79 Å². The Kier molecular flexibility index (Phi) is 5.38. The number of carbonyl (C=O) groups is 1. The first kappa shape index (κ1) is 16.8. The van der Waals surface area contributed by atoms with Crippen molar-refractivity contribution in [3.05, 3.63) is 64.7 Å². The molecule has 1 aliphatic rings. The van der Waals surface area contributed by atoms with Crippen LogP contribution in [0.4, 0.5) is 5.69 Å². The van der Waals surface area contributed by atoms with Gasteiger partial charge in [-0.05, 0) is 36.6 Å². The van der Waals surface area contributed by atoms with Gasteiger partial charge < -0.3 is 15.3 Å². The number of likely N-dealkylation sites (tertiary alicyclic amines) is 1. The van der Waals surface area contributed by atoms with E-state index < -0.39 is 6.10 Å². The fourth-order valence-corrected chi connectivity index (χ4v) is 3.17. The summed E-state index contributed by atoms with van der Waals surface area (Å²) in [5.41, 5.74) is 2.18. The monoisotopic (exact) mass is 344 g/mol. The fraction of sp³-hybridized carbons (Fsp3) is 0.316. The van der Waals surface area contributed by atoms with Gasteiger partial charge >= 0.3 is 0 Å². The smallest absolute Gasteiger partial charge is 0.241 e. The molecule has 0 radical (unpaired) electrons. The number of anilines is 1. The molecule has 2 aromatic carbocycles. The molecule has 1 heterocycles. The number of nitrogens with one attached hydrogen (secondary N) is 1. The molecule has 0 bridgehead atoms. The van der Waals surface area contributed by atoms with Gasteiger partial charge in [-0.1, -0.05) is 41.9 Å². The lowest BCUT2D eigenvalue weighted by molar-refractivity contribution is -0.128. The van der Waals surface area contributed by atoms with Crippen LogP contribution in [0.1, 0.15) is 30.1 Å². The van der Waals surface area contributed by atoms with Crippen LogP contribution < -0.4 is 5.32 Å². The number of aliphatic hydroxyl groups is 1. The van der Waals surface area contributed by atoms with Crippen molar-refractivity contribution < 1.29 is 9.90 Å². The van der Waals surface area contributed by atoms with E-state index in [0.717, 1.165) is 37.2 Å². The Labute approximate surface area is 147 Å². The maximum atomic E-state index is 12.2. The molecule has 0 aromatic heterocycles. The van der Waals surface area contributed by atoms with Gasteiger partial charge in [-0.2, -0.15) is 0 Å². The summed E-state index contributed by atoms with van der Waals surface area (Å²) in [5.74, 6) is 0.0857. The average Bonchev–Trinajstić information content (AvgIpc) is 3.15. The van der Waals surface area contributed by atoms with E-state index >= 15 is 0 Å². The van der Waals surface area contributed by atoms with Gasteiger partial charge in [-0.15, -0.1) is 0 Å². The number of benzene rings is 2. The highest BCUT2D eigenvalue weighted by molar-refractivity contribution is 6.30. The predicted octanol–water partition coefficient (Wildman–Crippen LogP) is 3.46. The van der Waals surface area contributed by atoms with E-state index in [2.05, 4.69) is 5.32 Å². The van der Waals surface area contributed by atoms with Gasteiger partial charge in [0.1, 0.15) is 6.10 Å². The number of halogens is 1. The Morgan fingerprint density at radius 3 is 2.58 bits per heavy atom. The minimum absolute atomic E-state index is 0.0857. The Hall–Kier alpha value is -2.04. The molecule has 0 saturated carbocycles. The minimum atomic E-state index is -0.797. The molecule has 4 nitrogen and oxygen atoms in total. The van der Waals surface area contributed by atoms with Crippen LogP contribution in [0.5, 0.6) is 0 Å². The molecule has 1 saturated heterocycles. The fourth-order valence-electron chi connectivity index (χ4n) is 2.98. The number of hydrogen-bond acceptors (Lipinski definition) is 3. The van der Waals surface area contributed by atoms with Crippen molar-refractivity contribution in [2.45, 2.75) is 18.9 Å². The molecule has 1 unspecified atom stereocenters. The second-order valence-electron chi connectivity index (χ2n) is 5.99. The summed E-state index contributed by atoms with van der Waals surface area (Å²) in [4.78, 5) is 14.1. The molecule has 0 spiro atoms. The third kappa shape index (κ3) is 3.89. The summed E-state index contributed by atoms with van der Waals surface area (Å²) < 4.78 is 0. The second kappa shape index (κ2) is 7.69. The zero-order valence-electron chi connectivity index (χ0n) is 13.4. The maximum Gasteiger partial charge on any atom is 0.241 e. The molecule has 2 aromatic rings. The lowest BCUT2D eigenvalue weighted by atomic mass is 10.00. The van der Waals surface area contributed by atoms with E-state index in [1.54, 1.807) is 18.2 Å². The standard InChI is InChI=1S/C19H21ClN2O2/c20-15-8-9-17(21-13-18(23)22-10-4-5-11-22)16(12-15)19(24)14-6-2-1-3-7-14/h1-3,6-9,12,19,21,24H,4-5,10-11,13H2. The summed E-state index contributed by atoms with van der Waals surface area (Å²) in [7, 11) is 0. The molecular formula is C19H21ClN2O2. The molecule has 24 heavy (non-hydrogen) atoms. The van der Waals surface area contributed by atoms with Crippen molar-refractivity contribution in [1.29, 1.82) is 0 Å². The molecule has 1 amide bonds. The van der Waals surface area contributed by atoms with Gasteiger partial charge in [-0.25, -0.2) is 0 Å². The highest BCUT2D eigenvalue weighted by atomic mass is 35.5. The van der Waals surface area contributed by atoms with Crippen LogP contribution in [0.15, 0.2) is 48.5 Å². The molecule has 3 rings (SSSR count). The largest absolute Gasteiger partial charge is 0.384 e. The Morgan fingerprint density at radius 2 is 1.88 bits per heavy atom. The Morgan fingerprint density at radius 1 is 1.17 bits per heavy atom. The summed E-state index contributed by atoms with van der Waals surface area (Å²) in [5, 5.41) is 14.4. The average molecular weight is 345 g/mol. The molecule has 2 N–H and O–H groups in total. The van der Waals surface area contributed by atoms with Crippen molar-refractivity contribution in [2.75, 3.05) is 25.0 Å². The van der Waals surface area contributed by atoms with Crippen molar-refractivity contribution in [3.8, 4) is 0 Å². The maximum absolute atomic E-state index is 12.2. The van der Waals surface area contributed by atoms with Crippen molar-refractivity contribution >= 4 is 23.2 Å². The van der Waals surface area contributed by atoms with Crippen LogP contribution in [-0.2, 0) is 4.79 Å². The molecule has 1 fully saturated rings. The Balaban J connectivity index is 1.76. The van der Waals surface area contributed by atoms with Gasteiger partial charge in [0.05, 0.1) is 6.54 Å². The van der Waals surface area contributed by atoms with E-state index in [9.17, 15) is 9.90 Å². The van der Waals surface area contributed by atoms with Crippen LogP contribution in [0.25, 0.3) is 0 Å². The van der Waals surface area contributed by atoms with Crippen molar-refractivity contribution in [2.24, 2.45) is 0 Å². The Bertz CT molecular complexity index is 700. The lowest BCUT2D eigenvalue weighted by Gasteiger charge is -2.20. The number of amides is 1. The van der Waals surface area contributed by atoms with Gasteiger partial charge in [0, 0.05) is 29.4 Å². The van der Waals surface area contributed by atoms with E-state index in [1.165, 1.54) is 0 Å². The molecule has 1 aliphatic heterocycles. The predicted molar refractivity (Wildman–Crippen MR) is 96.3 cm³/mol. The molecule has 1 atom stereocenters.